The third-order valence-electron chi connectivity index (χ3n) is 21.5. The molecule has 4 aromatic carbocycles. The van der Waals surface area contributed by atoms with Crippen molar-refractivity contribution in [2.24, 2.45) is 40.2 Å². The van der Waals surface area contributed by atoms with Gasteiger partial charge in [-0.25, -0.2) is 19.2 Å². The van der Waals surface area contributed by atoms with E-state index in [-0.39, 0.29) is 105 Å². The molecule has 8 rings (SSSR count). The van der Waals surface area contributed by atoms with Crippen molar-refractivity contribution in [3.05, 3.63) is 149 Å². The number of urea groups is 1. The van der Waals surface area contributed by atoms with Gasteiger partial charge in [0.1, 0.15) is 42.7 Å². The van der Waals surface area contributed by atoms with Crippen LogP contribution in [0.5, 0.6) is 0 Å². The third-order valence-corrected chi connectivity index (χ3v) is 21.5. The van der Waals surface area contributed by atoms with Crippen LogP contribution in [0.2, 0.25) is 0 Å². The van der Waals surface area contributed by atoms with Crippen molar-refractivity contribution < 1.29 is 101 Å². The Balaban J connectivity index is 1.02. The fourth-order valence-corrected chi connectivity index (χ4v) is 15.3. The minimum atomic E-state index is -2.35. The van der Waals surface area contributed by atoms with Gasteiger partial charge >= 0.3 is 36.1 Å². The fourth-order valence-electron chi connectivity index (χ4n) is 15.3. The SMILES string of the molecule is CC(=O)O[C@H]1C(=O)[C@@]2(C)[C@H]([C@H](CC(=O)c3ccccc3)[C@]3(O)C[C@H](OC(=O)[C@H](OC(=O)N(C)CCN(C)C(=O)OCc4ccc(NC(=O)[C@H](CCCNC(N)=O)NC(=O)[C@@H](NC(=O)CN(C)CC(=O)C(C)C)C(C)C)cc4)[C@@H](NC(=O)c4ccccc4)c4ccccc4)C(C)=C1C3(C)C)[C@]1(OC(C)=O)CO[C@@H]1C[C@@H]2O. The molecule has 110 heavy (non-hydrogen) atoms. The number of carbonyl (C=O) groups excluding carboxylic acids is 13. The lowest BCUT2D eigenvalue weighted by atomic mass is 9.42. The second-order valence-corrected chi connectivity index (χ2v) is 30.3. The number of aliphatic hydroxyl groups is 2. The molecule has 13 atom stereocenters. The molecule has 0 aromatic heterocycles. The van der Waals surface area contributed by atoms with Gasteiger partial charge in [-0.2, -0.15) is 0 Å². The predicted octanol–water partition coefficient (Wildman–Crippen LogP) is 5.91. The Kier molecular flexibility index (Phi) is 28.2. The third kappa shape index (κ3) is 19.6. The van der Waals surface area contributed by atoms with Gasteiger partial charge in [0.15, 0.2) is 23.3 Å². The van der Waals surface area contributed by atoms with Crippen LogP contribution in [-0.2, 0) is 73.4 Å². The number of rotatable bonds is 32. The number of nitrogens with zero attached hydrogens (tertiary/aromatic N) is 3. The number of likely N-dealkylation sites (N-methyl/N-ethyl adjacent to an activating group) is 3. The highest BCUT2D eigenvalue weighted by molar-refractivity contribution is 6.00. The Morgan fingerprint density at radius 2 is 1.33 bits per heavy atom. The number of nitrogens with two attached hydrogens (primary N) is 1. The quantitative estimate of drug-likeness (QED) is 0.00925. The normalized spacial score (nSPS) is 23.4. The van der Waals surface area contributed by atoms with Crippen LogP contribution in [0.4, 0.5) is 20.1 Å². The van der Waals surface area contributed by atoms with E-state index in [9.17, 15) is 63.0 Å². The number of nitrogens with one attached hydrogen (secondary N) is 5. The maximum absolute atomic E-state index is 16.0. The van der Waals surface area contributed by atoms with Gasteiger partial charge in [0, 0.05) is 107 Å². The van der Waals surface area contributed by atoms with E-state index in [0.717, 1.165) is 18.7 Å². The summed E-state index contributed by atoms with van der Waals surface area (Å²) >= 11 is 0. The van der Waals surface area contributed by atoms with Crippen molar-refractivity contribution in [2.45, 2.75) is 168 Å². The lowest BCUT2D eigenvalue weighted by molar-refractivity contribution is -0.339. The number of Topliss-reactive ketones (excluding diaryl/α,β-unsaturated/α-hetero) is 3. The van der Waals surface area contributed by atoms with Crippen LogP contribution >= 0.6 is 0 Å². The summed E-state index contributed by atoms with van der Waals surface area (Å²) in [5, 5.41) is 40.3. The molecule has 30 nitrogen and oxygen atoms in total. The first-order valence-electron chi connectivity index (χ1n) is 36.7. The van der Waals surface area contributed by atoms with Gasteiger partial charge in [0.05, 0.1) is 36.8 Å². The van der Waals surface area contributed by atoms with Crippen LogP contribution in [0.1, 0.15) is 139 Å². The van der Waals surface area contributed by atoms with Gasteiger partial charge in [-0.05, 0) is 86.2 Å². The first-order valence-corrected chi connectivity index (χ1v) is 36.7. The molecule has 0 spiro atoms. The first kappa shape index (κ1) is 85.2. The number of anilines is 1. The molecule has 9 N–H and O–H groups in total. The summed E-state index contributed by atoms with van der Waals surface area (Å²) in [6, 6.07) is 25.8. The van der Waals surface area contributed by atoms with Crippen LogP contribution in [0.3, 0.4) is 0 Å². The van der Waals surface area contributed by atoms with Crippen molar-refractivity contribution in [3.63, 3.8) is 0 Å². The number of ketones is 3. The highest BCUT2D eigenvalue weighted by Gasteiger charge is 2.77. The van der Waals surface area contributed by atoms with Crippen LogP contribution in [0.25, 0.3) is 0 Å². The fraction of sp³-hybridized carbons (Fsp3) is 0.512. The van der Waals surface area contributed by atoms with Gasteiger partial charge in [0.2, 0.25) is 23.8 Å². The largest absolute Gasteiger partial charge is 0.455 e. The van der Waals surface area contributed by atoms with E-state index in [0.29, 0.717) is 11.3 Å². The Hall–Kier alpha value is -10.4. The minimum absolute atomic E-state index is 0.0299. The molecule has 1 heterocycles. The number of primary amides is 1. The zero-order valence-corrected chi connectivity index (χ0v) is 64.5. The number of aliphatic hydroxyl groups excluding tert-OH is 1. The molecule has 2 saturated carbocycles. The van der Waals surface area contributed by atoms with Gasteiger partial charge in [-0.15, -0.1) is 0 Å². The van der Waals surface area contributed by atoms with Crippen LogP contribution in [0.15, 0.2) is 126 Å². The lowest BCUT2D eigenvalue weighted by Gasteiger charge is -2.68. The summed E-state index contributed by atoms with van der Waals surface area (Å²) in [6.07, 6.45) is -11.3. The van der Waals surface area contributed by atoms with Crippen LogP contribution < -0.4 is 32.3 Å². The molecule has 594 valence electrons. The summed E-state index contributed by atoms with van der Waals surface area (Å²) in [7, 11) is 4.34. The molecule has 4 aliphatic rings. The molecular formula is C80H103N9O21. The second-order valence-electron chi connectivity index (χ2n) is 30.3. The predicted molar refractivity (Wildman–Crippen MR) is 399 cm³/mol. The van der Waals surface area contributed by atoms with Crippen LogP contribution in [0, 0.1) is 34.5 Å². The molecule has 1 aliphatic heterocycles. The Labute approximate surface area is 639 Å². The molecule has 1 saturated heterocycles. The molecule has 2 bridgehead atoms. The van der Waals surface area contributed by atoms with Crippen molar-refractivity contribution in [2.75, 3.05) is 65.8 Å². The average molecular weight is 1530 g/mol. The number of carbonyl (C=O) groups is 13. The molecule has 8 amide bonds. The zero-order chi connectivity index (χ0) is 80.9. The number of ether oxygens (including phenoxy) is 6. The number of hydrogen-bond acceptors (Lipinski definition) is 22. The number of benzene rings is 4. The number of esters is 3. The molecule has 3 fully saturated rings. The van der Waals surface area contributed by atoms with E-state index in [1.807, 2.05) is 0 Å². The number of fused-ring (bicyclic) bond motifs is 5. The smallest absolute Gasteiger partial charge is 0.410 e. The minimum Gasteiger partial charge on any atom is -0.455 e. The van der Waals surface area contributed by atoms with E-state index in [1.54, 1.807) is 140 Å². The van der Waals surface area contributed by atoms with E-state index in [1.165, 1.54) is 62.0 Å². The molecule has 0 radical (unpaired) electrons. The van der Waals surface area contributed by atoms with E-state index in [2.05, 4.69) is 26.6 Å². The highest BCUT2D eigenvalue weighted by Crippen LogP contribution is 2.66. The van der Waals surface area contributed by atoms with Crippen molar-refractivity contribution in [3.8, 4) is 0 Å². The van der Waals surface area contributed by atoms with Gasteiger partial charge in [0.25, 0.3) is 5.91 Å². The van der Waals surface area contributed by atoms with Crippen molar-refractivity contribution in [1.29, 1.82) is 0 Å². The molecule has 3 aliphatic carbocycles. The molecule has 30 heteroatoms. The van der Waals surface area contributed by atoms with E-state index in [4.69, 9.17) is 34.2 Å². The van der Waals surface area contributed by atoms with E-state index >= 15 is 9.59 Å². The van der Waals surface area contributed by atoms with Crippen molar-refractivity contribution >= 4 is 82.8 Å². The molecule has 0 unspecified atom stereocenters. The first-order chi connectivity index (χ1) is 51.8. The Bertz CT molecular complexity index is 4080. The summed E-state index contributed by atoms with van der Waals surface area (Å²) in [5.74, 6) is -10.6. The maximum Gasteiger partial charge on any atom is 0.410 e. The van der Waals surface area contributed by atoms with Gasteiger partial charge < -0.3 is 80.8 Å². The second kappa shape index (κ2) is 36.4. The van der Waals surface area contributed by atoms with Crippen molar-refractivity contribution in [1.82, 2.24) is 36.0 Å². The summed E-state index contributed by atoms with van der Waals surface area (Å²) in [6.45, 7) is 14.2. The average Bonchev–Trinajstić information content (AvgIpc) is 0.668. The highest BCUT2D eigenvalue weighted by atomic mass is 16.6. The topological polar surface area (TPSA) is 414 Å². The standard InChI is InChI=1S/C80H103N9O21/c1-45(2)58(93)41-87(11)42-62(95)85-64(46(3)4)72(99)84-56(30-23-35-82-74(81)101)71(98)83-54-33-31-50(32-34-54)43-105-75(102)88(12)36-37-89(13)76(103)109-67(65(52-26-19-15-20-27-52)86-70(97)53-28-21-16-22-29-53)73(100)108-59-40-80(104)55(38-57(92)51-24-17-14-18-25-51)68-78(10,60(94)39-61-79(68,44-106-61)110-49(7)91)69(96)66(107-48(6)90)63(47(59)5)77(80,8)9/h14-22,24-29,31-34,45-46,55-56,59-61,64-68,94,104H,23,30,35-44H2,1-13H3,(H,83,98)(H,84,99)(H,85,95)(H,86,97)(H3,81,82,101)/t55-,56-,59-,60-,61+,64-,65-,66+,67+,68-,78+,79-,80+/m0/s1. The van der Waals surface area contributed by atoms with E-state index < -0.39 is 173 Å². The van der Waals surface area contributed by atoms with Gasteiger partial charge in [-0.3, -0.25) is 48.1 Å². The maximum atomic E-state index is 16.0. The summed E-state index contributed by atoms with van der Waals surface area (Å²) in [4.78, 5) is 185. The summed E-state index contributed by atoms with van der Waals surface area (Å²) < 4.78 is 36.7. The molecular weight excluding hydrogens is 1420 g/mol. The molecule has 4 aromatic rings. The number of hydrogen-bond donors (Lipinski definition) is 8. The lowest BCUT2D eigenvalue weighted by Crippen LogP contribution is -2.80. The zero-order valence-electron chi connectivity index (χ0n) is 64.5. The van der Waals surface area contributed by atoms with Crippen LogP contribution in [-0.4, -0.2) is 216 Å². The van der Waals surface area contributed by atoms with Gasteiger partial charge in [-0.1, -0.05) is 133 Å². The Morgan fingerprint density at radius 1 is 0.727 bits per heavy atom. The summed E-state index contributed by atoms with van der Waals surface area (Å²) in [5.41, 5.74) is -1.16. The number of amides is 8. The Morgan fingerprint density at radius 3 is 1.89 bits per heavy atom. The monoisotopic (exact) mass is 1530 g/mol.